The first-order chi connectivity index (χ1) is 11.1. The molecule has 2 heterocycles. The Balaban J connectivity index is 1.55. The van der Waals surface area contributed by atoms with Gasteiger partial charge in [-0.05, 0) is 19.1 Å². The summed E-state index contributed by atoms with van der Waals surface area (Å²) < 4.78 is 0. The van der Waals surface area contributed by atoms with Gasteiger partial charge in [-0.25, -0.2) is 0 Å². The molecule has 2 aromatic rings. The van der Waals surface area contributed by atoms with E-state index in [9.17, 15) is 9.90 Å². The maximum absolute atomic E-state index is 11.8. The Morgan fingerprint density at radius 3 is 2.57 bits per heavy atom. The number of nitrogens with zero attached hydrogens (tertiary/aromatic N) is 5. The van der Waals surface area contributed by atoms with Crippen LogP contribution in [0.2, 0.25) is 0 Å². The molecule has 1 amide bonds. The summed E-state index contributed by atoms with van der Waals surface area (Å²) in [5.41, 5.74) is 1.84. The van der Waals surface area contributed by atoms with Crippen molar-refractivity contribution in [2.75, 3.05) is 26.2 Å². The van der Waals surface area contributed by atoms with Crippen molar-refractivity contribution in [2.24, 2.45) is 0 Å². The maximum atomic E-state index is 11.8. The molecule has 1 aliphatic rings. The van der Waals surface area contributed by atoms with Gasteiger partial charge in [0.05, 0.1) is 17.6 Å². The molecule has 7 nitrogen and oxygen atoms in total. The largest absolute Gasteiger partial charge is 0.384 e. The molecule has 122 valence electrons. The molecule has 1 atom stereocenters. The van der Waals surface area contributed by atoms with Gasteiger partial charge in [-0.1, -0.05) is 18.2 Å². The molecule has 23 heavy (non-hydrogen) atoms. The third-order valence-electron chi connectivity index (χ3n) is 3.95. The predicted molar refractivity (Wildman–Crippen MR) is 84.9 cm³/mol. The first-order valence-electron chi connectivity index (χ1n) is 7.79. The maximum Gasteiger partial charge on any atom is 0.251 e. The smallest absolute Gasteiger partial charge is 0.251 e. The Bertz CT molecular complexity index is 648. The molecule has 0 spiro atoms. The monoisotopic (exact) mass is 315 g/mol. The predicted octanol–water partition coefficient (Wildman–Crippen LogP) is 0.292. The van der Waals surface area contributed by atoms with E-state index in [0.717, 1.165) is 24.5 Å². The highest BCUT2D eigenvalue weighted by molar-refractivity contribution is 5.80. The molecule has 1 fully saturated rings. The quantitative estimate of drug-likeness (QED) is 0.878. The summed E-state index contributed by atoms with van der Waals surface area (Å²) in [4.78, 5) is 17.3. The van der Waals surface area contributed by atoms with Crippen LogP contribution in [0.1, 0.15) is 12.6 Å². The summed E-state index contributed by atoms with van der Waals surface area (Å²) in [5.74, 6) is -0.195. The van der Waals surface area contributed by atoms with Crippen molar-refractivity contribution in [1.29, 1.82) is 0 Å². The first-order valence-corrected chi connectivity index (χ1v) is 7.79. The molecule has 0 saturated carbocycles. The van der Waals surface area contributed by atoms with Crippen molar-refractivity contribution >= 4 is 5.91 Å². The fourth-order valence-electron chi connectivity index (χ4n) is 2.67. The number of carbonyl (C=O) groups is 1. The number of benzene rings is 1. The summed E-state index contributed by atoms with van der Waals surface area (Å²) in [6.07, 6.45) is 0.854. The van der Waals surface area contributed by atoms with Gasteiger partial charge in [0, 0.05) is 32.7 Å². The van der Waals surface area contributed by atoms with Gasteiger partial charge in [0.25, 0.3) is 5.91 Å². The lowest BCUT2D eigenvalue weighted by Crippen LogP contribution is -2.50. The van der Waals surface area contributed by atoms with Crippen LogP contribution in [0, 0.1) is 0 Å². The third kappa shape index (κ3) is 3.75. The molecule has 1 aliphatic heterocycles. The molecule has 1 unspecified atom stereocenters. The van der Waals surface area contributed by atoms with Crippen molar-refractivity contribution in [3.8, 4) is 5.69 Å². The topological polar surface area (TPSA) is 74.5 Å². The van der Waals surface area contributed by atoms with Crippen LogP contribution in [-0.4, -0.2) is 68.1 Å². The summed E-state index contributed by atoms with van der Waals surface area (Å²) in [5, 5.41) is 18.2. The lowest BCUT2D eigenvalue weighted by molar-refractivity contribution is -0.141. The van der Waals surface area contributed by atoms with Crippen LogP contribution >= 0.6 is 0 Å². The number of aromatic nitrogens is 3. The van der Waals surface area contributed by atoms with E-state index < -0.39 is 6.10 Å². The van der Waals surface area contributed by atoms with E-state index in [1.165, 1.54) is 6.92 Å². The van der Waals surface area contributed by atoms with Gasteiger partial charge in [0.2, 0.25) is 0 Å². The van der Waals surface area contributed by atoms with Crippen LogP contribution in [0.5, 0.6) is 0 Å². The fourth-order valence-corrected chi connectivity index (χ4v) is 2.67. The highest BCUT2D eigenvalue weighted by Crippen LogP contribution is 2.09. The van der Waals surface area contributed by atoms with Gasteiger partial charge in [0.1, 0.15) is 6.10 Å². The minimum atomic E-state index is -0.924. The highest BCUT2D eigenvalue weighted by atomic mass is 16.3. The molecule has 3 rings (SSSR count). The van der Waals surface area contributed by atoms with Crippen molar-refractivity contribution < 1.29 is 9.90 Å². The standard InChI is InChI=1S/C16H21N5O2/c1-13(22)16(23)20-9-7-19(8-10-20)12-14-11-17-21(18-14)15-5-3-2-4-6-15/h2-6,11,13,22H,7-10,12H2,1H3. The zero-order valence-corrected chi connectivity index (χ0v) is 13.2. The first kappa shape index (κ1) is 15.6. The third-order valence-corrected chi connectivity index (χ3v) is 3.95. The Labute approximate surface area is 135 Å². The Hall–Kier alpha value is -2.25. The highest BCUT2D eigenvalue weighted by Gasteiger charge is 2.24. The van der Waals surface area contributed by atoms with Gasteiger partial charge in [-0.2, -0.15) is 15.0 Å². The van der Waals surface area contributed by atoms with E-state index in [1.54, 1.807) is 15.9 Å². The van der Waals surface area contributed by atoms with E-state index in [-0.39, 0.29) is 5.91 Å². The molecule has 1 N–H and O–H groups in total. The molecule has 0 radical (unpaired) electrons. The minimum absolute atomic E-state index is 0.195. The lowest BCUT2D eigenvalue weighted by Gasteiger charge is -2.34. The Kier molecular flexibility index (Phi) is 4.68. The molecule has 7 heteroatoms. The zero-order chi connectivity index (χ0) is 16.2. The van der Waals surface area contributed by atoms with E-state index in [4.69, 9.17) is 0 Å². The summed E-state index contributed by atoms with van der Waals surface area (Å²) >= 11 is 0. The van der Waals surface area contributed by atoms with Crippen LogP contribution < -0.4 is 0 Å². The van der Waals surface area contributed by atoms with Gasteiger partial charge in [-0.3, -0.25) is 9.69 Å². The van der Waals surface area contributed by atoms with Gasteiger partial charge < -0.3 is 10.0 Å². The fraction of sp³-hybridized carbons (Fsp3) is 0.438. The van der Waals surface area contributed by atoms with Crippen molar-refractivity contribution in [2.45, 2.75) is 19.6 Å². The molecule has 0 bridgehead atoms. The number of carbonyl (C=O) groups excluding carboxylic acids is 1. The average molecular weight is 315 g/mol. The van der Waals surface area contributed by atoms with E-state index in [1.807, 2.05) is 30.3 Å². The molecule has 1 aromatic carbocycles. The number of piperazine rings is 1. The van der Waals surface area contributed by atoms with Crippen LogP contribution in [0.15, 0.2) is 36.5 Å². The van der Waals surface area contributed by atoms with E-state index in [2.05, 4.69) is 15.1 Å². The average Bonchev–Trinajstić information content (AvgIpc) is 3.04. The molecular weight excluding hydrogens is 294 g/mol. The molecule has 1 aromatic heterocycles. The number of aliphatic hydroxyl groups excluding tert-OH is 1. The Morgan fingerprint density at radius 2 is 1.91 bits per heavy atom. The molecule has 0 aliphatic carbocycles. The van der Waals surface area contributed by atoms with Crippen molar-refractivity contribution in [3.63, 3.8) is 0 Å². The van der Waals surface area contributed by atoms with Crippen LogP contribution in [0.25, 0.3) is 5.69 Å². The normalized spacial score (nSPS) is 17.2. The SMILES string of the molecule is CC(O)C(=O)N1CCN(Cc2cnn(-c3ccccc3)n2)CC1. The lowest BCUT2D eigenvalue weighted by atomic mass is 10.2. The van der Waals surface area contributed by atoms with Crippen LogP contribution in [0.4, 0.5) is 0 Å². The number of rotatable bonds is 4. The van der Waals surface area contributed by atoms with Gasteiger partial charge >= 0.3 is 0 Å². The second kappa shape index (κ2) is 6.89. The number of hydrogen-bond acceptors (Lipinski definition) is 5. The minimum Gasteiger partial charge on any atom is -0.384 e. The summed E-state index contributed by atoms with van der Waals surface area (Å²) in [6, 6.07) is 9.80. The number of hydrogen-bond donors (Lipinski definition) is 1. The van der Waals surface area contributed by atoms with E-state index >= 15 is 0 Å². The molecular formula is C16H21N5O2. The summed E-state index contributed by atoms with van der Waals surface area (Å²) in [6.45, 7) is 5.04. The van der Waals surface area contributed by atoms with Crippen LogP contribution in [-0.2, 0) is 11.3 Å². The van der Waals surface area contributed by atoms with Crippen molar-refractivity contribution in [3.05, 3.63) is 42.2 Å². The second-order valence-electron chi connectivity index (χ2n) is 5.74. The Morgan fingerprint density at radius 1 is 1.22 bits per heavy atom. The van der Waals surface area contributed by atoms with Crippen molar-refractivity contribution in [1.82, 2.24) is 24.8 Å². The van der Waals surface area contributed by atoms with Gasteiger partial charge in [0.15, 0.2) is 0 Å². The van der Waals surface area contributed by atoms with E-state index in [0.29, 0.717) is 19.6 Å². The summed E-state index contributed by atoms with van der Waals surface area (Å²) in [7, 11) is 0. The number of aliphatic hydroxyl groups is 1. The molecule has 1 saturated heterocycles. The number of amides is 1. The number of para-hydroxylation sites is 1. The second-order valence-corrected chi connectivity index (χ2v) is 5.74. The van der Waals surface area contributed by atoms with Gasteiger partial charge in [-0.15, -0.1) is 0 Å². The zero-order valence-electron chi connectivity index (χ0n) is 13.2. The van der Waals surface area contributed by atoms with Crippen LogP contribution in [0.3, 0.4) is 0 Å².